The first-order chi connectivity index (χ1) is 10.8. The Balaban J connectivity index is 2.16. The zero-order chi connectivity index (χ0) is 17.1. The van der Waals surface area contributed by atoms with E-state index >= 15 is 0 Å². The second kappa shape index (κ2) is 6.87. The zero-order valence-corrected chi connectivity index (χ0v) is 13.5. The fraction of sp³-hybridized carbons (Fsp3) is 0.400. The number of ether oxygens (including phenoxy) is 1. The highest BCUT2D eigenvalue weighted by molar-refractivity contribution is 6.31. The summed E-state index contributed by atoms with van der Waals surface area (Å²) < 4.78 is 5.22. The number of carbonyl (C=O) groups is 3. The lowest BCUT2D eigenvalue weighted by molar-refractivity contribution is -0.141. The molecule has 1 aromatic rings. The molecular formula is C15H17ClN2O5. The molecule has 1 saturated heterocycles. The number of carboxylic acid groups (broad SMARTS) is 1. The molecular weight excluding hydrogens is 324 g/mol. The second-order valence-electron chi connectivity index (χ2n) is 5.29. The first-order valence-corrected chi connectivity index (χ1v) is 7.38. The number of carboxylic acids is 1. The second-order valence-corrected chi connectivity index (χ2v) is 5.73. The minimum absolute atomic E-state index is 0.00778. The number of nitrogens with zero attached hydrogens (tertiary/aromatic N) is 1. The van der Waals surface area contributed by atoms with Gasteiger partial charge in [0.15, 0.2) is 0 Å². The van der Waals surface area contributed by atoms with Gasteiger partial charge >= 0.3 is 5.97 Å². The highest BCUT2D eigenvalue weighted by atomic mass is 35.5. The van der Waals surface area contributed by atoms with Crippen LogP contribution in [0.25, 0.3) is 0 Å². The molecule has 7 nitrogen and oxygen atoms in total. The summed E-state index contributed by atoms with van der Waals surface area (Å²) in [6.07, 6.45) is 0.00778. The van der Waals surface area contributed by atoms with Crippen molar-refractivity contribution in [2.45, 2.75) is 19.4 Å². The van der Waals surface area contributed by atoms with Crippen LogP contribution in [0.15, 0.2) is 18.2 Å². The molecule has 1 heterocycles. The maximum Gasteiger partial charge on any atom is 0.325 e. The van der Waals surface area contributed by atoms with E-state index in [1.807, 2.05) is 0 Å². The van der Waals surface area contributed by atoms with Crippen LogP contribution in [-0.4, -0.2) is 42.6 Å². The number of hydrogen-bond donors (Lipinski definition) is 2. The number of amides is 2. The Hall–Kier alpha value is -2.28. The van der Waals surface area contributed by atoms with Gasteiger partial charge in [0.2, 0.25) is 11.8 Å². The summed E-state index contributed by atoms with van der Waals surface area (Å²) in [5, 5.41) is 11.7. The zero-order valence-electron chi connectivity index (χ0n) is 12.7. The SMILES string of the molecule is COc1ccc(Cl)cc1N1CC(C(=O)N[C@@H](C)C(=O)O)CC1=O. The smallest absolute Gasteiger partial charge is 0.325 e. The van der Waals surface area contributed by atoms with Crippen LogP contribution in [-0.2, 0) is 14.4 Å². The molecule has 0 saturated carbocycles. The van der Waals surface area contributed by atoms with Gasteiger partial charge in [0.25, 0.3) is 0 Å². The molecule has 1 fully saturated rings. The Kier molecular flexibility index (Phi) is 5.10. The lowest BCUT2D eigenvalue weighted by atomic mass is 10.1. The molecule has 0 aliphatic carbocycles. The van der Waals surface area contributed by atoms with E-state index in [1.165, 1.54) is 18.9 Å². The Morgan fingerprint density at radius 2 is 2.17 bits per heavy atom. The monoisotopic (exact) mass is 340 g/mol. The van der Waals surface area contributed by atoms with Gasteiger partial charge in [-0.05, 0) is 25.1 Å². The van der Waals surface area contributed by atoms with E-state index in [4.69, 9.17) is 21.4 Å². The van der Waals surface area contributed by atoms with Crippen molar-refractivity contribution in [3.63, 3.8) is 0 Å². The molecule has 124 valence electrons. The van der Waals surface area contributed by atoms with Crippen molar-refractivity contribution in [1.82, 2.24) is 5.32 Å². The largest absolute Gasteiger partial charge is 0.495 e. The summed E-state index contributed by atoms with van der Waals surface area (Å²) in [5.74, 6) is -1.97. The third kappa shape index (κ3) is 3.73. The minimum atomic E-state index is -1.13. The van der Waals surface area contributed by atoms with Crippen molar-refractivity contribution in [2.24, 2.45) is 5.92 Å². The predicted octanol–water partition coefficient (Wildman–Crippen LogP) is 1.29. The lowest BCUT2D eigenvalue weighted by Gasteiger charge is -2.20. The number of hydrogen-bond acceptors (Lipinski definition) is 4. The van der Waals surface area contributed by atoms with Crippen LogP contribution in [0.2, 0.25) is 5.02 Å². The highest BCUT2D eigenvalue weighted by Gasteiger charge is 2.37. The molecule has 1 aromatic carbocycles. The number of anilines is 1. The third-order valence-electron chi connectivity index (χ3n) is 3.66. The third-order valence-corrected chi connectivity index (χ3v) is 3.89. The van der Waals surface area contributed by atoms with Gasteiger partial charge in [-0.2, -0.15) is 0 Å². The molecule has 0 spiro atoms. The van der Waals surface area contributed by atoms with Crippen molar-refractivity contribution in [2.75, 3.05) is 18.6 Å². The molecule has 8 heteroatoms. The van der Waals surface area contributed by atoms with Crippen molar-refractivity contribution in [3.05, 3.63) is 23.2 Å². The van der Waals surface area contributed by atoms with Gasteiger partial charge in [0.1, 0.15) is 11.8 Å². The standard InChI is InChI=1S/C15H17ClN2O5/c1-8(15(21)22)17-14(20)9-5-13(19)18(7-9)11-6-10(16)3-4-12(11)23-2/h3-4,6,8-9H,5,7H2,1-2H3,(H,17,20)(H,21,22)/t8-,9?/m0/s1. The van der Waals surface area contributed by atoms with Gasteiger partial charge in [-0.3, -0.25) is 14.4 Å². The fourth-order valence-corrected chi connectivity index (χ4v) is 2.55. The van der Waals surface area contributed by atoms with Crippen LogP contribution >= 0.6 is 11.6 Å². The number of rotatable bonds is 5. The van der Waals surface area contributed by atoms with E-state index in [1.54, 1.807) is 18.2 Å². The number of nitrogens with one attached hydrogen (secondary N) is 1. The molecule has 1 aliphatic rings. The maximum atomic E-state index is 12.2. The van der Waals surface area contributed by atoms with Gasteiger partial charge < -0.3 is 20.1 Å². The molecule has 0 bridgehead atoms. The average Bonchev–Trinajstić information content (AvgIpc) is 2.89. The maximum absolute atomic E-state index is 12.2. The Labute approximate surface area is 138 Å². The molecule has 1 aliphatic heterocycles. The van der Waals surface area contributed by atoms with Crippen LogP contribution < -0.4 is 15.0 Å². The highest BCUT2D eigenvalue weighted by Crippen LogP contribution is 2.35. The van der Waals surface area contributed by atoms with E-state index in [9.17, 15) is 14.4 Å². The van der Waals surface area contributed by atoms with Gasteiger partial charge in [0, 0.05) is 18.0 Å². The summed E-state index contributed by atoms with van der Waals surface area (Å²) in [4.78, 5) is 36.5. The summed E-state index contributed by atoms with van der Waals surface area (Å²) in [6, 6.07) is 3.87. The molecule has 0 aromatic heterocycles. The summed E-state index contributed by atoms with van der Waals surface area (Å²) in [7, 11) is 1.48. The van der Waals surface area contributed by atoms with Gasteiger partial charge in [-0.1, -0.05) is 11.6 Å². The molecule has 2 atom stereocenters. The van der Waals surface area contributed by atoms with E-state index in [2.05, 4.69) is 5.32 Å². The van der Waals surface area contributed by atoms with Crippen molar-refractivity contribution in [3.8, 4) is 5.75 Å². The van der Waals surface area contributed by atoms with Crippen LogP contribution in [0.4, 0.5) is 5.69 Å². The molecule has 23 heavy (non-hydrogen) atoms. The van der Waals surface area contributed by atoms with E-state index in [0.29, 0.717) is 16.5 Å². The molecule has 1 unspecified atom stereocenters. The van der Waals surface area contributed by atoms with Crippen molar-refractivity contribution in [1.29, 1.82) is 0 Å². The summed E-state index contributed by atoms with van der Waals surface area (Å²) in [5.41, 5.74) is 0.492. The Bertz CT molecular complexity index is 649. The van der Waals surface area contributed by atoms with Crippen LogP contribution in [0.5, 0.6) is 5.75 Å². The molecule has 0 radical (unpaired) electrons. The molecule has 2 N–H and O–H groups in total. The van der Waals surface area contributed by atoms with Crippen molar-refractivity contribution < 1.29 is 24.2 Å². The Morgan fingerprint density at radius 1 is 1.48 bits per heavy atom. The number of carbonyl (C=O) groups excluding carboxylic acids is 2. The average molecular weight is 341 g/mol. The first-order valence-electron chi connectivity index (χ1n) is 7.00. The van der Waals surface area contributed by atoms with E-state index in [0.717, 1.165) is 0 Å². The lowest BCUT2D eigenvalue weighted by Crippen LogP contribution is -2.42. The normalized spacial score (nSPS) is 18.7. The molecule has 2 amide bonds. The Morgan fingerprint density at radius 3 is 2.78 bits per heavy atom. The summed E-state index contributed by atoms with van der Waals surface area (Å²) >= 11 is 5.96. The van der Waals surface area contributed by atoms with E-state index < -0.39 is 23.8 Å². The van der Waals surface area contributed by atoms with E-state index in [-0.39, 0.29) is 18.9 Å². The number of benzene rings is 1. The fourth-order valence-electron chi connectivity index (χ4n) is 2.38. The van der Waals surface area contributed by atoms with Crippen LogP contribution in [0, 0.1) is 5.92 Å². The quantitative estimate of drug-likeness (QED) is 0.842. The van der Waals surface area contributed by atoms with Crippen LogP contribution in [0.3, 0.4) is 0 Å². The van der Waals surface area contributed by atoms with Crippen LogP contribution in [0.1, 0.15) is 13.3 Å². The van der Waals surface area contributed by atoms with Crippen molar-refractivity contribution >= 4 is 35.1 Å². The number of methoxy groups -OCH3 is 1. The number of halogens is 1. The first kappa shape index (κ1) is 17.1. The topological polar surface area (TPSA) is 95.9 Å². The minimum Gasteiger partial charge on any atom is -0.495 e. The van der Waals surface area contributed by atoms with Gasteiger partial charge in [-0.25, -0.2) is 0 Å². The van der Waals surface area contributed by atoms with Gasteiger partial charge in [0.05, 0.1) is 18.7 Å². The molecule has 2 rings (SSSR count). The number of aliphatic carboxylic acids is 1. The summed E-state index contributed by atoms with van der Waals surface area (Å²) in [6.45, 7) is 1.52. The predicted molar refractivity (Wildman–Crippen MR) is 83.7 cm³/mol. The van der Waals surface area contributed by atoms with Gasteiger partial charge in [-0.15, -0.1) is 0 Å².